The molecule has 0 spiro atoms. The van der Waals surface area contributed by atoms with Crippen LogP contribution in [0.3, 0.4) is 0 Å². The van der Waals surface area contributed by atoms with Crippen LogP contribution >= 0.6 is 11.6 Å². The third-order valence-electron chi connectivity index (χ3n) is 7.87. The average Bonchev–Trinajstić information content (AvgIpc) is 3.42. The molecule has 0 saturated carbocycles. The van der Waals surface area contributed by atoms with Crippen LogP contribution in [0, 0.1) is 5.92 Å². The van der Waals surface area contributed by atoms with Gasteiger partial charge in [-0.05, 0) is 86.7 Å². The Morgan fingerprint density at radius 3 is 2.66 bits per heavy atom. The average molecular weight is 554 g/mol. The molecule has 38 heavy (non-hydrogen) atoms. The standard InChI is InChI=1S/C28H32ClN5O3S/c29-22-3-5-23(6-4-22)37-18-20-2-1-13-34(17-20)38(35,36)19-33-14-9-21(10-15-33)24-7-11-30-26-16-32-28-25(27(24)26)8-12-31-28/h3-8,11-12,16,20-21,30H,1-2,9-10,13-15,17-19H2. The number of likely N-dealkylation sites (tertiary alicyclic amines) is 1. The van der Waals surface area contributed by atoms with Gasteiger partial charge in [0, 0.05) is 47.2 Å². The third-order valence-corrected chi connectivity index (χ3v) is 9.93. The minimum Gasteiger partial charge on any atom is -0.493 e. The number of aromatic nitrogens is 3. The number of halogens is 1. The number of ether oxygens (including phenoxy) is 1. The quantitative estimate of drug-likeness (QED) is 0.345. The number of sulfonamides is 1. The molecular formula is C28H32ClN5O3S. The predicted molar refractivity (Wildman–Crippen MR) is 150 cm³/mol. The lowest BCUT2D eigenvalue weighted by molar-refractivity contribution is 0.176. The number of nitrogens with one attached hydrogen (secondary N) is 1. The maximum atomic E-state index is 13.4. The molecule has 2 aliphatic rings. The lowest BCUT2D eigenvalue weighted by Crippen LogP contribution is -2.47. The number of hydrogen-bond acceptors (Lipinski definition) is 6. The van der Waals surface area contributed by atoms with Gasteiger partial charge in [0.2, 0.25) is 10.0 Å². The first-order valence-corrected chi connectivity index (χ1v) is 15.2. The summed E-state index contributed by atoms with van der Waals surface area (Å²) >= 11 is 5.95. The van der Waals surface area contributed by atoms with Crippen LogP contribution in [-0.2, 0) is 10.0 Å². The zero-order valence-electron chi connectivity index (χ0n) is 21.2. The van der Waals surface area contributed by atoms with E-state index < -0.39 is 10.0 Å². The molecule has 8 nitrogen and oxygen atoms in total. The van der Waals surface area contributed by atoms with Crippen molar-refractivity contribution < 1.29 is 13.2 Å². The molecule has 10 heteroatoms. The van der Waals surface area contributed by atoms with Crippen molar-refractivity contribution >= 4 is 43.6 Å². The monoisotopic (exact) mass is 553 g/mol. The summed E-state index contributed by atoms with van der Waals surface area (Å²) in [5.74, 6) is 1.39. The van der Waals surface area contributed by atoms with Gasteiger partial charge in [0.1, 0.15) is 11.6 Å². The van der Waals surface area contributed by atoms with Crippen LogP contribution in [0.5, 0.6) is 5.75 Å². The van der Waals surface area contributed by atoms with E-state index in [2.05, 4.69) is 25.9 Å². The second-order valence-electron chi connectivity index (χ2n) is 10.4. The number of aromatic amines is 1. The largest absolute Gasteiger partial charge is 0.493 e. The smallest absolute Gasteiger partial charge is 0.227 e. The van der Waals surface area contributed by atoms with Crippen molar-refractivity contribution in [2.75, 3.05) is 38.7 Å². The molecule has 1 unspecified atom stereocenters. The van der Waals surface area contributed by atoms with Crippen molar-refractivity contribution in [3.05, 3.63) is 65.6 Å². The van der Waals surface area contributed by atoms with Crippen LogP contribution in [-0.4, -0.2) is 71.2 Å². The summed E-state index contributed by atoms with van der Waals surface area (Å²) in [5.41, 5.74) is 3.06. The van der Waals surface area contributed by atoms with E-state index in [-0.39, 0.29) is 11.8 Å². The van der Waals surface area contributed by atoms with Crippen molar-refractivity contribution in [1.82, 2.24) is 24.2 Å². The highest BCUT2D eigenvalue weighted by atomic mass is 35.5. The molecular weight excluding hydrogens is 522 g/mol. The molecule has 2 aliphatic heterocycles. The highest BCUT2D eigenvalue weighted by molar-refractivity contribution is 7.89. The molecule has 2 fully saturated rings. The Labute approximate surface area is 228 Å². The lowest BCUT2D eigenvalue weighted by Gasteiger charge is -2.36. The number of rotatable bonds is 7. The molecule has 200 valence electrons. The number of piperidine rings is 2. The molecule has 0 amide bonds. The second-order valence-corrected chi connectivity index (χ2v) is 12.8. The molecule has 3 aromatic heterocycles. The molecule has 0 bridgehead atoms. The number of H-pyrrole nitrogens is 1. The first-order chi connectivity index (χ1) is 18.5. The second kappa shape index (κ2) is 10.8. The number of pyridine rings is 2. The summed E-state index contributed by atoms with van der Waals surface area (Å²) in [6.45, 7) is 3.11. The molecule has 0 radical (unpaired) electrons. The summed E-state index contributed by atoms with van der Waals surface area (Å²) in [5, 5.41) is 2.92. The minimum atomic E-state index is -3.38. The van der Waals surface area contributed by atoms with Crippen LogP contribution in [0.15, 0.2) is 55.0 Å². The number of fused-ring (bicyclic) bond motifs is 3. The van der Waals surface area contributed by atoms with E-state index in [9.17, 15) is 8.42 Å². The van der Waals surface area contributed by atoms with E-state index >= 15 is 0 Å². The summed E-state index contributed by atoms with van der Waals surface area (Å²) in [6, 6.07) is 11.5. The Morgan fingerprint density at radius 2 is 1.84 bits per heavy atom. The fourth-order valence-corrected chi connectivity index (χ4v) is 7.73. The first-order valence-electron chi connectivity index (χ1n) is 13.3. The Kier molecular flexibility index (Phi) is 7.27. The summed E-state index contributed by atoms with van der Waals surface area (Å²) in [7, 11) is -3.38. The van der Waals surface area contributed by atoms with E-state index in [0.29, 0.717) is 30.6 Å². The normalized spacial score (nSPS) is 20.3. The van der Waals surface area contributed by atoms with Crippen molar-refractivity contribution in [3.8, 4) is 5.75 Å². The van der Waals surface area contributed by atoms with Gasteiger partial charge >= 0.3 is 0 Å². The maximum Gasteiger partial charge on any atom is 0.227 e. The molecule has 1 atom stereocenters. The Balaban J connectivity index is 1.07. The predicted octanol–water partition coefficient (Wildman–Crippen LogP) is 5.02. The summed E-state index contributed by atoms with van der Waals surface area (Å²) in [4.78, 5) is 14.2. The highest BCUT2D eigenvalue weighted by Gasteiger charge is 2.32. The van der Waals surface area contributed by atoms with Crippen LogP contribution < -0.4 is 4.74 Å². The van der Waals surface area contributed by atoms with Gasteiger partial charge in [-0.25, -0.2) is 22.7 Å². The summed E-state index contributed by atoms with van der Waals surface area (Å²) in [6.07, 6.45) is 9.29. The van der Waals surface area contributed by atoms with Gasteiger partial charge in [0.25, 0.3) is 0 Å². The van der Waals surface area contributed by atoms with Crippen LogP contribution in [0.25, 0.3) is 21.9 Å². The number of hydrogen-bond donors (Lipinski definition) is 1. The van der Waals surface area contributed by atoms with Crippen molar-refractivity contribution in [2.45, 2.75) is 31.6 Å². The topological polar surface area (TPSA) is 91.4 Å². The summed E-state index contributed by atoms with van der Waals surface area (Å²) < 4.78 is 34.3. The fourth-order valence-electron chi connectivity index (χ4n) is 5.87. The first kappa shape index (κ1) is 25.6. The SMILES string of the molecule is O=S(=O)(CN1CCC(c2cc[nH]c3cnc4nccc4c23)CC1)N1CCCC(COc2ccc(Cl)cc2)C1. The third kappa shape index (κ3) is 5.38. The van der Waals surface area contributed by atoms with E-state index in [0.717, 1.165) is 61.1 Å². The van der Waals surface area contributed by atoms with Gasteiger partial charge in [-0.2, -0.15) is 0 Å². The van der Waals surface area contributed by atoms with E-state index in [4.69, 9.17) is 16.3 Å². The molecule has 5 heterocycles. The number of benzene rings is 1. The molecule has 0 aliphatic carbocycles. The van der Waals surface area contributed by atoms with Crippen LogP contribution in [0.1, 0.15) is 37.2 Å². The Bertz CT molecular complexity index is 1520. The van der Waals surface area contributed by atoms with Gasteiger partial charge in [-0.15, -0.1) is 0 Å². The van der Waals surface area contributed by atoms with Crippen molar-refractivity contribution in [1.29, 1.82) is 0 Å². The number of nitrogens with zero attached hydrogens (tertiary/aromatic N) is 4. The minimum absolute atomic E-state index is 0.0781. The van der Waals surface area contributed by atoms with E-state index in [1.807, 2.05) is 30.6 Å². The van der Waals surface area contributed by atoms with Gasteiger partial charge in [-0.3, -0.25) is 4.90 Å². The van der Waals surface area contributed by atoms with Gasteiger partial charge in [-0.1, -0.05) is 11.6 Å². The zero-order chi connectivity index (χ0) is 26.1. The van der Waals surface area contributed by atoms with E-state index in [1.54, 1.807) is 22.6 Å². The highest BCUT2D eigenvalue weighted by Crippen LogP contribution is 2.35. The van der Waals surface area contributed by atoms with Crippen LogP contribution in [0.2, 0.25) is 5.02 Å². The molecule has 1 aromatic carbocycles. The van der Waals surface area contributed by atoms with Crippen molar-refractivity contribution in [3.63, 3.8) is 0 Å². The molecule has 1 N–H and O–H groups in total. The fraction of sp³-hybridized carbons (Fsp3) is 0.429. The van der Waals surface area contributed by atoms with Crippen LogP contribution in [0.4, 0.5) is 0 Å². The maximum absolute atomic E-state index is 13.4. The molecule has 6 rings (SSSR count). The van der Waals surface area contributed by atoms with Gasteiger partial charge in [0.15, 0.2) is 5.65 Å². The van der Waals surface area contributed by atoms with Crippen molar-refractivity contribution in [2.24, 2.45) is 5.92 Å². The lowest BCUT2D eigenvalue weighted by atomic mass is 9.87. The Morgan fingerprint density at radius 1 is 1.03 bits per heavy atom. The zero-order valence-corrected chi connectivity index (χ0v) is 22.8. The van der Waals surface area contributed by atoms with Gasteiger partial charge in [0.05, 0.1) is 18.3 Å². The molecule has 2 saturated heterocycles. The van der Waals surface area contributed by atoms with Gasteiger partial charge < -0.3 is 9.72 Å². The molecule has 4 aromatic rings. The van der Waals surface area contributed by atoms with E-state index in [1.165, 1.54) is 10.9 Å². The Hall–Kier alpha value is -2.72.